The first kappa shape index (κ1) is 45.3. The standard InChI is InChI=1S/C27H33F2NO.C24H27F2NO/c1-2-3-4-5-6-7-20-31-25-17-14-23(15-18-25)22-11-8-21(9-12-22)10-13-24-16-19-26(28)30-27(24)29;1-2-3-4-17-28-22-14-11-20(12-15-22)19-8-5-18(6-9-19)7-10-21-13-16-23(25)27-24(21)26/h14-19,21-22H,2-9,11-12,20H2,1H3;11-16,18-19H,2-6,8-9,17H2,1H3. The average molecular weight is 809 g/mol. The summed E-state index contributed by atoms with van der Waals surface area (Å²) in [5, 5.41) is 0. The van der Waals surface area contributed by atoms with Crippen molar-refractivity contribution >= 4 is 0 Å². The highest BCUT2D eigenvalue weighted by atomic mass is 19.1. The lowest BCUT2D eigenvalue weighted by molar-refractivity contribution is 0.304. The Kier molecular flexibility index (Phi) is 19.1. The Morgan fingerprint density at radius 1 is 0.475 bits per heavy atom. The van der Waals surface area contributed by atoms with E-state index in [1.165, 1.54) is 68.2 Å². The largest absolute Gasteiger partial charge is 0.494 e. The molecule has 2 saturated carbocycles. The van der Waals surface area contributed by atoms with Gasteiger partial charge in [-0.15, -0.1) is 0 Å². The highest BCUT2D eigenvalue weighted by molar-refractivity contribution is 5.35. The summed E-state index contributed by atoms with van der Waals surface area (Å²) in [7, 11) is 0. The maximum Gasteiger partial charge on any atom is 0.231 e. The van der Waals surface area contributed by atoms with E-state index in [4.69, 9.17) is 9.47 Å². The molecule has 0 radical (unpaired) electrons. The van der Waals surface area contributed by atoms with Crippen molar-refractivity contribution in [3.05, 3.63) is 119 Å². The second-order valence-corrected chi connectivity index (χ2v) is 15.9. The molecule has 0 atom stereocenters. The fraction of sp³-hybridized carbons (Fsp3) is 0.490. The van der Waals surface area contributed by atoms with Gasteiger partial charge in [-0.1, -0.05) is 107 Å². The van der Waals surface area contributed by atoms with Gasteiger partial charge in [0, 0.05) is 11.8 Å². The van der Waals surface area contributed by atoms with Gasteiger partial charge in [-0.3, -0.25) is 0 Å². The molecule has 6 rings (SSSR count). The first-order valence-electron chi connectivity index (χ1n) is 21.9. The van der Waals surface area contributed by atoms with Crippen LogP contribution in [0.5, 0.6) is 11.5 Å². The van der Waals surface area contributed by atoms with E-state index in [-0.39, 0.29) is 23.0 Å². The minimum absolute atomic E-state index is 0.165. The molecule has 0 spiro atoms. The summed E-state index contributed by atoms with van der Waals surface area (Å²) < 4.78 is 64.6. The molecule has 0 N–H and O–H groups in total. The lowest BCUT2D eigenvalue weighted by atomic mass is 9.79. The summed E-state index contributed by atoms with van der Waals surface area (Å²) >= 11 is 0. The fourth-order valence-electron chi connectivity index (χ4n) is 7.80. The summed E-state index contributed by atoms with van der Waals surface area (Å²) in [6, 6.07) is 22.0. The van der Waals surface area contributed by atoms with Crippen molar-refractivity contribution < 1.29 is 27.0 Å². The van der Waals surface area contributed by atoms with Crippen molar-refractivity contribution in [1.82, 2.24) is 9.97 Å². The topological polar surface area (TPSA) is 44.2 Å². The molecule has 2 aromatic heterocycles. The molecule has 0 aliphatic heterocycles. The number of hydrogen-bond acceptors (Lipinski definition) is 4. The molecule has 2 aromatic carbocycles. The highest BCUT2D eigenvalue weighted by Gasteiger charge is 2.22. The van der Waals surface area contributed by atoms with Crippen molar-refractivity contribution in [2.24, 2.45) is 11.8 Å². The smallest absolute Gasteiger partial charge is 0.231 e. The number of pyridine rings is 2. The van der Waals surface area contributed by atoms with Gasteiger partial charge in [0.15, 0.2) is 0 Å². The number of halogens is 4. The Bertz CT molecular complexity index is 1960. The van der Waals surface area contributed by atoms with Crippen LogP contribution in [0.3, 0.4) is 0 Å². The summed E-state index contributed by atoms with van der Waals surface area (Å²) in [5.41, 5.74) is 3.03. The Labute approximate surface area is 350 Å². The van der Waals surface area contributed by atoms with Crippen LogP contribution >= 0.6 is 0 Å². The van der Waals surface area contributed by atoms with Crippen LogP contribution in [0.25, 0.3) is 0 Å². The van der Waals surface area contributed by atoms with Gasteiger partial charge >= 0.3 is 0 Å². The van der Waals surface area contributed by atoms with Crippen LogP contribution in [0.4, 0.5) is 17.6 Å². The van der Waals surface area contributed by atoms with Crippen LogP contribution in [0.15, 0.2) is 72.8 Å². The zero-order chi connectivity index (χ0) is 41.7. The third kappa shape index (κ3) is 15.7. The van der Waals surface area contributed by atoms with Gasteiger partial charge in [-0.25, -0.2) is 0 Å². The maximum absolute atomic E-state index is 13.6. The average Bonchev–Trinajstić information content (AvgIpc) is 3.25. The van der Waals surface area contributed by atoms with E-state index in [9.17, 15) is 17.6 Å². The molecule has 314 valence electrons. The third-order valence-electron chi connectivity index (χ3n) is 11.4. The monoisotopic (exact) mass is 808 g/mol. The minimum atomic E-state index is -0.835. The van der Waals surface area contributed by atoms with Gasteiger partial charge in [0.1, 0.15) is 11.5 Å². The molecular weight excluding hydrogens is 749 g/mol. The summed E-state index contributed by atoms with van der Waals surface area (Å²) in [6.45, 7) is 6.00. The lowest BCUT2D eigenvalue weighted by Crippen LogP contribution is -2.12. The fourth-order valence-corrected chi connectivity index (χ4v) is 7.80. The maximum atomic E-state index is 13.6. The van der Waals surface area contributed by atoms with Crippen LogP contribution in [0.1, 0.15) is 157 Å². The second-order valence-electron chi connectivity index (χ2n) is 15.9. The van der Waals surface area contributed by atoms with Crippen molar-refractivity contribution in [3.63, 3.8) is 0 Å². The van der Waals surface area contributed by atoms with Gasteiger partial charge < -0.3 is 9.47 Å². The Morgan fingerprint density at radius 3 is 1.25 bits per heavy atom. The zero-order valence-corrected chi connectivity index (χ0v) is 34.9. The van der Waals surface area contributed by atoms with Gasteiger partial charge in [0.2, 0.25) is 23.8 Å². The van der Waals surface area contributed by atoms with Crippen molar-refractivity contribution in [3.8, 4) is 35.2 Å². The summed E-state index contributed by atoms with van der Waals surface area (Å²) in [4.78, 5) is 6.37. The van der Waals surface area contributed by atoms with E-state index in [2.05, 4.69) is 96.0 Å². The van der Waals surface area contributed by atoms with Crippen molar-refractivity contribution in [2.75, 3.05) is 13.2 Å². The molecule has 8 heteroatoms. The number of rotatable bonds is 15. The van der Waals surface area contributed by atoms with Crippen LogP contribution < -0.4 is 9.47 Å². The van der Waals surface area contributed by atoms with Gasteiger partial charge in [0.05, 0.1) is 24.3 Å². The Morgan fingerprint density at radius 2 is 0.847 bits per heavy atom. The lowest BCUT2D eigenvalue weighted by Gasteiger charge is -2.26. The Balaban J connectivity index is 0.000000225. The number of nitrogens with zero attached hydrogens (tertiary/aromatic N) is 2. The molecule has 2 fully saturated rings. The van der Waals surface area contributed by atoms with Crippen LogP contribution in [-0.4, -0.2) is 23.2 Å². The molecule has 0 bridgehead atoms. The van der Waals surface area contributed by atoms with Crippen molar-refractivity contribution in [1.29, 1.82) is 0 Å². The summed E-state index contributed by atoms with van der Waals surface area (Å²) in [6.07, 6.45) is 19.4. The molecule has 4 aromatic rings. The predicted octanol–water partition coefficient (Wildman–Crippen LogP) is 13.7. The number of ether oxygens (including phenoxy) is 2. The molecule has 2 aliphatic carbocycles. The SMILES string of the molecule is CCCCCCCCOc1ccc(C2CCC(C#Cc3ccc(F)nc3F)CC2)cc1.CCCCCOc1ccc(C2CCC(C#Cc3ccc(F)nc3F)CC2)cc1. The normalized spacial score (nSPS) is 18.6. The van der Waals surface area contributed by atoms with E-state index >= 15 is 0 Å². The molecule has 0 unspecified atom stereocenters. The Hall–Kier alpha value is -4.82. The van der Waals surface area contributed by atoms with Crippen molar-refractivity contribution in [2.45, 2.75) is 135 Å². The van der Waals surface area contributed by atoms with Crippen LogP contribution in [0, 0.1) is 59.3 Å². The van der Waals surface area contributed by atoms with Gasteiger partial charge in [-0.05, 0) is 136 Å². The quantitative estimate of drug-likeness (QED) is 0.0519. The predicted molar refractivity (Wildman–Crippen MR) is 228 cm³/mol. The van der Waals surface area contributed by atoms with E-state index in [0.29, 0.717) is 11.8 Å². The number of unbranched alkanes of at least 4 members (excludes halogenated alkanes) is 7. The molecular formula is C51H60F4N2O2. The van der Waals surface area contributed by atoms with Crippen LogP contribution in [-0.2, 0) is 0 Å². The number of aromatic nitrogens is 2. The van der Waals surface area contributed by atoms with Gasteiger partial charge in [0.25, 0.3) is 0 Å². The molecule has 2 aliphatic rings. The van der Waals surface area contributed by atoms with E-state index in [0.717, 1.165) is 101 Å². The van der Waals surface area contributed by atoms with E-state index in [1.807, 2.05) is 0 Å². The minimum Gasteiger partial charge on any atom is -0.494 e. The van der Waals surface area contributed by atoms with Crippen LogP contribution in [0.2, 0.25) is 0 Å². The molecule has 2 heterocycles. The highest BCUT2D eigenvalue weighted by Crippen LogP contribution is 2.37. The first-order valence-corrected chi connectivity index (χ1v) is 21.9. The number of benzene rings is 2. The van der Waals surface area contributed by atoms with Gasteiger partial charge in [-0.2, -0.15) is 27.5 Å². The molecule has 0 amide bonds. The second kappa shape index (κ2) is 25.0. The summed E-state index contributed by atoms with van der Waals surface area (Å²) in [5.74, 6) is 12.1. The van der Waals surface area contributed by atoms with E-state index in [1.54, 1.807) is 0 Å². The number of hydrogen-bond donors (Lipinski definition) is 0. The molecule has 4 nitrogen and oxygen atoms in total. The first-order chi connectivity index (χ1) is 28.8. The molecule has 0 saturated heterocycles. The zero-order valence-electron chi connectivity index (χ0n) is 34.9. The molecule has 59 heavy (non-hydrogen) atoms. The third-order valence-corrected chi connectivity index (χ3v) is 11.4. The van der Waals surface area contributed by atoms with E-state index < -0.39 is 23.8 Å².